The predicted octanol–water partition coefficient (Wildman–Crippen LogP) is 15.8. The monoisotopic (exact) mass is 855 g/mol. The minimum atomic E-state index is 0.566. The van der Waals surface area contributed by atoms with Crippen LogP contribution >= 0.6 is 0 Å². The Kier molecular flexibility index (Phi) is 8.18. The van der Waals surface area contributed by atoms with Crippen LogP contribution in [0.5, 0.6) is 0 Å². The predicted molar refractivity (Wildman–Crippen MR) is 275 cm³/mol. The third-order valence-electron chi connectivity index (χ3n) is 13.3. The zero-order valence-electron chi connectivity index (χ0n) is 36.0. The number of para-hydroxylation sites is 4. The lowest BCUT2D eigenvalue weighted by Gasteiger charge is -2.13. The van der Waals surface area contributed by atoms with E-state index in [0.717, 1.165) is 94.0 Å². The van der Waals surface area contributed by atoms with Crippen molar-refractivity contribution in [2.75, 3.05) is 0 Å². The van der Waals surface area contributed by atoms with Crippen LogP contribution in [0.4, 0.5) is 0 Å². The van der Waals surface area contributed by atoms with E-state index in [2.05, 4.69) is 215 Å². The second-order valence-corrected chi connectivity index (χ2v) is 17.2. The Balaban J connectivity index is 1.04. The van der Waals surface area contributed by atoms with Gasteiger partial charge in [-0.3, -0.25) is 0 Å². The van der Waals surface area contributed by atoms with Gasteiger partial charge < -0.3 is 13.6 Å². The molecule has 0 saturated heterocycles. The van der Waals surface area contributed by atoms with E-state index < -0.39 is 0 Å². The molecule has 14 rings (SSSR count). The summed E-state index contributed by atoms with van der Waals surface area (Å²) in [5.41, 5.74) is 12.9. The molecule has 67 heavy (non-hydrogen) atoms. The lowest BCUT2D eigenvalue weighted by molar-refractivity contribution is 0.666. The molecule has 6 heteroatoms. The first-order chi connectivity index (χ1) is 33.2. The SMILES string of the molecule is c1ccc(-c2cccc(-c3nc(-c4cc(-n5c6ccccc6c6cc7ccccc7cc65)c5oc6ccccc6c5c4)nc(-c4ccc5c(c4)c4ccccc4n5-c4ccccc4)n3)c2)cc1. The van der Waals surface area contributed by atoms with E-state index in [1.807, 2.05) is 18.2 Å². The highest BCUT2D eigenvalue weighted by Gasteiger charge is 2.23. The third-order valence-corrected chi connectivity index (χ3v) is 13.3. The average Bonchev–Trinajstić information content (AvgIpc) is 4.05. The molecule has 0 unspecified atom stereocenters. The molecule has 10 aromatic carbocycles. The first-order valence-corrected chi connectivity index (χ1v) is 22.6. The molecule has 0 spiro atoms. The molecule has 0 bridgehead atoms. The first kappa shape index (κ1) is 37.3. The molecule has 0 N–H and O–H groups in total. The van der Waals surface area contributed by atoms with Crippen molar-refractivity contribution >= 4 is 76.3 Å². The highest BCUT2D eigenvalue weighted by atomic mass is 16.3. The maximum absolute atomic E-state index is 6.86. The molecule has 0 saturated carbocycles. The Morgan fingerprint density at radius 2 is 0.836 bits per heavy atom. The second-order valence-electron chi connectivity index (χ2n) is 17.2. The lowest BCUT2D eigenvalue weighted by Crippen LogP contribution is -2.02. The first-order valence-electron chi connectivity index (χ1n) is 22.6. The van der Waals surface area contributed by atoms with Gasteiger partial charge in [-0.2, -0.15) is 0 Å². The number of fused-ring (bicyclic) bond motifs is 10. The molecule has 0 aliphatic carbocycles. The van der Waals surface area contributed by atoms with Crippen molar-refractivity contribution in [3.05, 3.63) is 224 Å². The molecule has 312 valence electrons. The number of rotatable bonds is 6. The van der Waals surface area contributed by atoms with Crippen molar-refractivity contribution in [2.45, 2.75) is 0 Å². The fourth-order valence-corrected chi connectivity index (χ4v) is 10.2. The molecule has 0 atom stereocenters. The van der Waals surface area contributed by atoms with Crippen LogP contribution in [0.15, 0.2) is 229 Å². The molecule has 6 nitrogen and oxygen atoms in total. The summed E-state index contributed by atoms with van der Waals surface area (Å²) in [6.45, 7) is 0. The molecule has 0 aliphatic heterocycles. The van der Waals surface area contributed by atoms with Crippen LogP contribution in [0.25, 0.3) is 133 Å². The standard InChI is InChI=1S/C61H37N5O/c1-3-16-38(17-4-1)39-20-15-21-42(32-39)59-62-60(43-30-31-54-49(34-43)46-24-9-12-27-52(46)65(54)45-22-5-2-6-23-45)64-61(63-59)44-35-51-48-26-11-14-29-57(48)67-58(51)56(37-44)66-53-28-13-10-25-47(53)50-33-40-18-7-8-19-41(40)36-55(50)66/h1-37H. The van der Waals surface area contributed by atoms with Gasteiger partial charge in [0.05, 0.1) is 27.8 Å². The average molecular weight is 856 g/mol. The van der Waals surface area contributed by atoms with E-state index in [1.54, 1.807) is 0 Å². The summed E-state index contributed by atoms with van der Waals surface area (Å²) in [7, 11) is 0. The number of benzene rings is 10. The van der Waals surface area contributed by atoms with Crippen molar-refractivity contribution < 1.29 is 4.42 Å². The van der Waals surface area contributed by atoms with Gasteiger partial charge in [-0.1, -0.05) is 146 Å². The summed E-state index contributed by atoms with van der Waals surface area (Å²) in [6, 6.07) is 79.1. The van der Waals surface area contributed by atoms with Crippen molar-refractivity contribution in [1.82, 2.24) is 24.1 Å². The number of hydrogen-bond acceptors (Lipinski definition) is 4. The molecular weight excluding hydrogens is 819 g/mol. The van der Waals surface area contributed by atoms with Gasteiger partial charge in [0.25, 0.3) is 0 Å². The summed E-state index contributed by atoms with van der Waals surface area (Å²) < 4.78 is 11.5. The summed E-state index contributed by atoms with van der Waals surface area (Å²) in [5, 5.41) is 9.01. The van der Waals surface area contributed by atoms with Crippen LogP contribution in [-0.2, 0) is 0 Å². The molecule has 0 amide bonds. The zero-order chi connectivity index (χ0) is 44.0. The highest BCUT2D eigenvalue weighted by molar-refractivity contribution is 6.16. The minimum Gasteiger partial charge on any atom is -0.454 e. The van der Waals surface area contributed by atoms with Gasteiger partial charge in [0.2, 0.25) is 0 Å². The van der Waals surface area contributed by atoms with Crippen molar-refractivity contribution in [2.24, 2.45) is 0 Å². The van der Waals surface area contributed by atoms with Gasteiger partial charge in [-0.15, -0.1) is 0 Å². The molecule has 4 heterocycles. The van der Waals surface area contributed by atoms with Gasteiger partial charge in [-0.05, 0) is 101 Å². The smallest absolute Gasteiger partial charge is 0.164 e. The maximum Gasteiger partial charge on any atom is 0.164 e. The maximum atomic E-state index is 6.86. The molecule has 0 radical (unpaired) electrons. The van der Waals surface area contributed by atoms with Crippen molar-refractivity contribution in [1.29, 1.82) is 0 Å². The van der Waals surface area contributed by atoms with E-state index in [-0.39, 0.29) is 0 Å². The fraction of sp³-hybridized carbons (Fsp3) is 0. The highest BCUT2D eigenvalue weighted by Crippen LogP contribution is 2.42. The number of furan rings is 1. The Labute approximate surface area is 384 Å². The van der Waals surface area contributed by atoms with Crippen LogP contribution in [0.3, 0.4) is 0 Å². The quantitative estimate of drug-likeness (QED) is 0.167. The summed E-state index contributed by atoms with van der Waals surface area (Å²) in [4.78, 5) is 16.1. The van der Waals surface area contributed by atoms with Gasteiger partial charge in [-0.25, -0.2) is 15.0 Å². The largest absolute Gasteiger partial charge is 0.454 e. The van der Waals surface area contributed by atoms with Gasteiger partial charge in [0, 0.05) is 54.7 Å². The van der Waals surface area contributed by atoms with Gasteiger partial charge in [0.15, 0.2) is 23.1 Å². The van der Waals surface area contributed by atoms with E-state index in [9.17, 15) is 0 Å². The van der Waals surface area contributed by atoms with Crippen LogP contribution in [0, 0.1) is 0 Å². The molecule has 0 aliphatic rings. The number of hydrogen-bond donors (Lipinski definition) is 0. The number of aromatic nitrogens is 5. The Bertz CT molecular complexity index is 4280. The third kappa shape index (κ3) is 5.93. The van der Waals surface area contributed by atoms with Crippen LogP contribution < -0.4 is 0 Å². The van der Waals surface area contributed by atoms with E-state index in [4.69, 9.17) is 19.4 Å². The normalized spacial score (nSPS) is 11.9. The summed E-state index contributed by atoms with van der Waals surface area (Å²) >= 11 is 0. The second kappa shape index (κ2) is 14.7. The molecule has 0 fully saturated rings. The molecule has 4 aromatic heterocycles. The van der Waals surface area contributed by atoms with Crippen molar-refractivity contribution in [3.63, 3.8) is 0 Å². The Hall–Kier alpha value is -9.13. The van der Waals surface area contributed by atoms with E-state index in [0.29, 0.717) is 17.5 Å². The zero-order valence-corrected chi connectivity index (χ0v) is 36.0. The summed E-state index contributed by atoms with van der Waals surface area (Å²) in [6.07, 6.45) is 0. The Morgan fingerprint density at radius 3 is 1.60 bits per heavy atom. The summed E-state index contributed by atoms with van der Waals surface area (Å²) in [5.74, 6) is 1.74. The minimum absolute atomic E-state index is 0.566. The van der Waals surface area contributed by atoms with Crippen LogP contribution in [-0.4, -0.2) is 24.1 Å². The molecular formula is C61H37N5O. The topological polar surface area (TPSA) is 61.7 Å². The van der Waals surface area contributed by atoms with E-state index >= 15 is 0 Å². The lowest BCUT2D eigenvalue weighted by atomic mass is 10.0. The van der Waals surface area contributed by atoms with Crippen LogP contribution in [0.1, 0.15) is 0 Å². The molecule has 14 aromatic rings. The fourth-order valence-electron chi connectivity index (χ4n) is 10.2. The number of nitrogens with zero attached hydrogens (tertiary/aromatic N) is 5. The Morgan fingerprint density at radius 1 is 0.299 bits per heavy atom. The van der Waals surface area contributed by atoms with Crippen LogP contribution in [0.2, 0.25) is 0 Å². The van der Waals surface area contributed by atoms with Crippen molar-refractivity contribution in [3.8, 4) is 56.7 Å². The van der Waals surface area contributed by atoms with Gasteiger partial charge >= 0.3 is 0 Å². The van der Waals surface area contributed by atoms with Gasteiger partial charge in [0.1, 0.15) is 5.58 Å². The van der Waals surface area contributed by atoms with E-state index in [1.165, 1.54) is 21.5 Å².